The molecule has 0 unspecified atom stereocenters. The molecule has 0 amide bonds. The van der Waals surface area contributed by atoms with E-state index in [1.54, 1.807) is 0 Å². The van der Waals surface area contributed by atoms with Gasteiger partial charge in [0.2, 0.25) is 0 Å². The highest BCUT2D eigenvalue weighted by atomic mass is 16.5. The normalized spacial score (nSPS) is 10.7. The number of aryl methyl sites for hydroxylation is 3. The number of ether oxygens (including phenoxy) is 1. The molecule has 3 heteroatoms. The van der Waals surface area contributed by atoms with Crippen molar-refractivity contribution in [3.05, 3.63) is 40.6 Å². The number of rotatable bonds is 2. The molecule has 2 rings (SSSR count). The Morgan fingerprint density at radius 1 is 1.22 bits per heavy atom. The molecule has 1 aromatic carbocycles. The van der Waals surface area contributed by atoms with Crippen LogP contribution in [0.25, 0.3) is 10.9 Å². The number of carbonyl (C=O) groups is 1. The molecule has 0 radical (unpaired) electrons. The topological polar surface area (TPSA) is 39.2 Å². The first-order chi connectivity index (χ1) is 8.51. The molecule has 94 valence electrons. The lowest BCUT2D eigenvalue weighted by atomic mass is 10.00. The number of nitrogens with zero attached hydrogens (tertiary/aromatic N) is 1. The van der Waals surface area contributed by atoms with E-state index < -0.39 is 0 Å². The minimum absolute atomic E-state index is 0.233. The van der Waals surface area contributed by atoms with Gasteiger partial charge in [0.15, 0.2) is 0 Å². The second-order valence-electron chi connectivity index (χ2n) is 4.65. The highest BCUT2D eigenvalue weighted by Gasteiger charge is 2.11. The average Bonchev–Trinajstić information content (AvgIpc) is 2.30. The number of pyridine rings is 1. The molecule has 0 aliphatic heterocycles. The minimum atomic E-state index is -0.233. The number of fused-ring (bicyclic) bond motifs is 1. The summed E-state index contributed by atoms with van der Waals surface area (Å²) in [7, 11) is 1.41. The van der Waals surface area contributed by atoms with Crippen LogP contribution in [0.1, 0.15) is 22.4 Å². The van der Waals surface area contributed by atoms with Gasteiger partial charge in [-0.25, -0.2) is 0 Å². The van der Waals surface area contributed by atoms with Crippen molar-refractivity contribution in [3.8, 4) is 0 Å². The van der Waals surface area contributed by atoms with Crippen molar-refractivity contribution in [2.45, 2.75) is 27.2 Å². The van der Waals surface area contributed by atoms with E-state index in [-0.39, 0.29) is 12.4 Å². The van der Waals surface area contributed by atoms with Crippen LogP contribution in [-0.4, -0.2) is 18.1 Å². The molecule has 18 heavy (non-hydrogen) atoms. The van der Waals surface area contributed by atoms with Crippen molar-refractivity contribution in [2.75, 3.05) is 7.11 Å². The van der Waals surface area contributed by atoms with Crippen molar-refractivity contribution in [1.82, 2.24) is 4.98 Å². The maximum absolute atomic E-state index is 11.5. The highest BCUT2D eigenvalue weighted by Crippen LogP contribution is 2.23. The standard InChI is InChI=1S/C15H17NO2/c1-9-5-12(8-14(17)18-4)15-13(6-9)10(2)7-11(3)16-15/h5-7H,8H2,1-4H3. The summed E-state index contributed by atoms with van der Waals surface area (Å²) in [5, 5.41) is 1.11. The Hall–Kier alpha value is -1.90. The Labute approximate surface area is 107 Å². The largest absolute Gasteiger partial charge is 0.469 e. The third-order valence-corrected chi connectivity index (χ3v) is 3.03. The fourth-order valence-corrected chi connectivity index (χ4v) is 2.25. The number of hydrogen-bond donors (Lipinski definition) is 0. The summed E-state index contributed by atoms with van der Waals surface area (Å²) in [6.07, 6.45) is 0.268. The number of benzene rings is 1. The zero-order valence-electron chi connectivity index (χ0n) is 11.2. The fraction of sp³-hybridized carbons (Fsp3) is 0.333. The molecule has 0 saturated carbocycles. The van der Waals surface area contributed by atoms with Gasteiger partial charge in [-0.1, -0.05) is 11.6 Å². The van der Waals surface area contributed by atoms with Gasteiger partial charge in [-0.3, -0.25) is 9.78 Å². The Balaban J connectivity index is 2.67. The van der Waals surface area contributed by atoms with E-state index in [0.29, 0.717) is 0 Å². The van der Waals surface area contributed by atoms with Crippen molar-refractivity contribution >= 4 is 16.9 Å². The van der Waals surface area contributed by atoms with E-state index >= 15 is 0 Å². The Bertz CT molecular complexity index is 617. The molecule has 0 fully saturated rings. The van der Waals surface area contributed by atoms with Crippen molar-refractivity contribution in [2.24, 2.45) is 0 Å². The molecule has 1 heterocycles. The first-order valence-corrected chi connectivity index (χ1v) is 5.95. The molecule has 3 nitrogen and oxygen atoms in total. The van der Waals surface area contributed by atoms with Crippen molar-refractivity contribution in [3.63, 3.8) is 0 Å². The molecule has 0 N–H and O–H groups in total. The van der Waals surface area contributed by atoms with E-state index in [1.807, 2.05) is 19.9 Å². The van der Waals surface area contributed by atoms with E-state index in [4.69, 9.17) is 4.74 Å². The van der Waals surface area contributed by atoms with Gasteiger partial charge >= 0.3 is 5.97 Å². The molecule has 0 aliphatic carbocycles. The quantitative estimate of drug-likeness (QED) is 0.761. The van der Waals surface area contributed by atoms with Crippen LogP contribution < -0.4 is 0 Å². The van der Waals surface area contributed by atoms with Gasteiger partial charge in [0, 0.05) is 11.1 Å². The third kappa shape index (κ3) is 2.35. The fourth-order valence-electron chi connectivity index (χ4n) is 2.25. The third-order valence-electron chi connectivity index (χ3n) is 3.03. The van der Waals surface area contributed by atoms with E-state index in [1.165, 1.54) is 12.7 Å². The Kier molecular flexibility index (Phi) is 3.32. The molecule has 0 saturated heterocycles. The van der Waals surface area contributed by atoms with E-state index in [9.17, 15) is 4.79 Å². The maximum Gasteiger partial charge on any atom is 0.310 e. The summed E-state index contributed by atoms with van der Waals surface area (Å²) >= 11 is 0. The van der Waals surface area contributed by atoms with Gasteiger partial charge in [0.1, 0.15) is 0 Å². The molecule has 0 spiro atoms. The summed E-state index contributed by atoms with van der Waals surface area (Å²) in [5.41, 5.74) is 5.13. The van der Waals surface area contributed by atoms with E-state index in [0.717, 1.165) is 27.7 Å². The van der Waals surface area contributed by atoms with Gasteiger partial charge in [0.05, 0.1) is 19.0 Å². The van der Waals surface area contributed by atoms with Crippen LogP contribution in [0.4, 0.5) is 0 Å². The monoisotopic (exact) mass is 243 g/mol. The van der Waals surface area contributed by atoms with Gasteiger partial charge in [-0.05, 0) is 44.0 Å². The molecule has 0 aliphatic rings. The van der Waals surface area contributed by atoms with Crippen molar-refractivity contribution in [1.29, 1.82) is 0 Å². The first-order valence-electron chi connectivity index (χ1n) is 5.95. The summed E-state index contributed by atoms with van der Waals surface area (Å²) in [6, 6.07) is 6.17. The SMILES string of the molecule is COC(=O)Cc1cc(C)cc2c(C)cc(C)nc12. The predicted octanol–water partition coefficient (Wildman–Crippen LogP) is 2.88. The highest BCUT2D eigenvalue weighted by molar-refractivity contribution is 5.89. The van der Waals surface area contributed by atoms with Gasteiger partial charge in [0.25, 0.3) is 0 Å². The van der Waals surface area contributed by atoms with Gasteiger partial charge in [-0.2, -0.15) is 0 Å². The molecular weight excluding hydrogens is 226 g/mol. The second-order valence-corrected chi connectivity index (χ2v) is 4.65. The Morgan fingerprint density at radius 3 is 2.61 bits per heavy atom. The first kappa shape index (κ1) is 12.6. The lowest BCUT2D eigenvalue weighted by Gasteiger charge is -2.10. The second kappa shape index (κ2) is 4.77. The number of esters is 1. The number of aromatic nitrogens is 1. The lowest BCUT2D eigenvalue weighted by Crippen LogP contribution is -2.06. The van der Waals surface area contributed by atoms with Gasteiger partial charge in [-0.15, -0.1) is 0 Å². The number of carbonyl (C=O) groups excluding carboxylic acids is 1. The summed E-state index contributed by atoms with van der Waals surface area (Å²) in [4.78, 5) is 16.0. The molecular formula is C15H17NO2. The smallest absolute Gasteiger partial charge is 0.310 e. The molecule has 2 aromatic rings. The van der Waals surface area contributed by atoms with Crippen LogP contribution in [0.2, 0.25) is 0 Å². The summed E-state index contributed by atoms with van der Waals surface area (Å²) < 4.78 is 4.74. The van der Waals surface area contributed by atoms with Crippen LogP contribution in [0, 0.1) is 20.8 Å². The van der Waals surface area contributed by atoms with Crippen LogP contribution in [0.3, 0.4) is 0 Å². The number of methoxy groups -OCH3 is 1. The minimum Gasteiger partial charge on any atom is -0.469 e. The maximum atomic E-state index is 11.5. The summed E-state index contributed by atoms with van der Waals surface area (Å²) in [6.45, 7) is 6.06. The molecule has 0 atom stereocenters. The zero-order valence-corrected chi connectivity index (χ0v) is 11.2. The van der Waals surface area contributed by atoms with Crippen molar-refractivity contribution < 1.29 is 9.53 Å². The number of hydrogen-bond acceptors (Lipinski definition) is 3. The van der Waals surface area contributed by atoms with Crippen LogP contribution in [0.5, 0.6) is 0 Å². The van der Waals surface area contributed by atoms with Gasteiger partial charge < -0.3 is 4.74 Å². The zero-order chi connectivity index (χ0) is 13.3. The van der Waals surface area contributed by atoms with Crippen LogP contribution in [0.15, 0.2) is 18.2 Å². The lowest BCUT2D eigenvalue weighted by molar-refractivity contribution is -0.139. The van der Waals surface area contributed by atoms with E-state index in [2.05, 4.69) is 24.0 Å². The Morgan fingerprint density at radius 2 is 1.94 bits per heavy atom. The summed E-state index contributed by atoms with van der Waals surface area (Å²) in [5.74, 6) is -0.233. The molecule has 1 aromatic heterocycles. The van der Waals surface area contributed by atoms with Crippen LogP contribution >= 0.6 is 0 Å². The average molecular weight is 243 g/mol. The predicted molar refractivity (Wildman–Crippen MR) is 71.7 cm³/mol. The molecule has 0 bridgehead atoms. The van der Waals surface area contributed by atoms with Crippen LogP contribution in [-0.2, 0) is 16.0 Å².